The summed E-state index contributed by atoms with van der Waals surface area (Å²) in [5, 5.41) is 6.19. The standard InChI is InChI=1S/C21H20ClN3O3/c22-17-6-1-2-7-18(17)25-12-14(10-19(25)26)21(28)24-16-5-3-4-15(11-16)23-20(27)13-8-9-13/h1-7,11,13-14H,8-10,12H2,(H,23,27)(H,24,28). The second-order valence-electron chi connectivity index (χ2n) is 7.19. The zero-order valence-corrected chi connectivity index (χ0v) is 15.9. The average Bonchev–Trinajstić information content (AvgIpc) is 3.45. The zero-order chi connectivity index (χ0) is 19.7. The van der Waals surface area contributed by atoms with Crippen molar-refractivity contribution in [2.45, 2.75) is 19.3 Å². The van der Waals surface area contributed by atoms with Crippen LogP contribution in [0.1, 0.15) is 19.3 Å². The molecule has 2 aromatic carbocycles. The van der Waals surface area contributed by atoms with Gasteiger partial charge in [-0.1, -0.05) is 29.8 Å². The van der Waals surface area contributed by atoms with Gasteiger partial charge in [0.05, 0.1) is 16.6 Å². The molecule has 6 nitrogen and oxygen atoms in total. The fourth-order valence-electron chi connectivity index (χ4n) is 3.30. The van der Waals surface area contributed by atoms with E-state index in [0.29, 0.717) is 22.1 Å². The molecule has 4 rings (SSSR count). The molecule has 0 spiro atoms. The SMILES string of the molecule is O=C(Nc1cccc(NC(=O)C2CC(=O)N(c3ccccc3Cl)C2)c1)C1CC1. The van der Waals surface area contributed by atoms with Gasteiger partial charge < -0.3 is 15.5 Å². The third-order valence-corrected chi connectivity index (χ3v) is 5.30. The van der Waals surface area contributed by atoms with E-state index in [9.17, 15) is 14.4 Å². The molecule has 1 unspecified atom stereocenters. The fraction of sp³-hybridized carbons (Fsp3) is 0.286. The van der Waals surface area contributed by atoms with Gasteiger partial charge in [-0.2, -0.15) is 0 Å². The van der Waals surface area contributed by atoms with Crippen molar-refractivity contribution >= 4 is 46.4 Å². The first-order chi connectivity index (χ1) is 13.5. The van der Waals surface area contributed by atoms with Gasteiger partial charge in [-0.15, -0.1) is 0 Å². The molecule has 2 aromatic rings. The minimum atomic E-state index is -0.464. The van der Waals surface area contributed by atoms with Crippen molar-refractivity contribution in [1.29, 1.82) is 0 Å². The van der Waals surface area contributed by atoms with Crippen molar-refractivity contribution in [3.8, 4) is 0 Å². The number of hydrogen-bond acceptors (Lipinski definition) is 3. The molecule has 1 atom stereocenters. The van der Waals surface area contributed by atoms with Crippen LogP contribution in [0.3, 0.4) is 0 Å². The predicted octanol–water partition coefficient (Wildman–Crippen LogP) is 3.68. The monoisotopic (exact) mass is 397 g/mol. The van der Waals surface area contributed by atoms with Crippen LogP contribution in [-0.2, 0) is 14.4 Å². The summed E-state index contributed by atoms with van der Waals surface area (Å²) < 4.78 is 0. The minimum absolute atomic E-state index is 0.0141. The van der Waals surface area contributed by atoms with Crippen LogP contribution in [0, 0.1) is 11.8 Å². The van der Waals surface area contributed by atoms with Gasteiger partial charge in [-0.3, -0.25) is 14.4 Å². The summed E-state index contributed by atoms with van der Waals surface area (Å²) in [7, 11) is 0. The summed E-state index contributed by atoms with van der Waals surface area (Å²) in [6.45, 7) is 0.284. The molecule has 3 amide bonds. The smallest absolute Gasteiger partial charge is 0.229 e. The molecule has 1 heterocycles. The minimum Gasteiger partial charge on any atom is -0.326 e. The first-order valence-corrected chi connectivity index (χ1v) is 9.66. The molecular formula is C21H20ClN3O3. The van der Waals surface area contributed by atoms with Crippen LogP contribution in [0.4, 0.5) is 17.1 Å². The molecule has 2 N–H and O–H groups in total. The molecule has 1 saturated carbocycles. The second-order valence-corrected chi connectivity index (χ2v) is 7.60. The Labute approximate surface area is 167 Å². The van der Waals surface area contributed by atoms with Crippen molar-refractivity contribution < 1.29 is 14.4 Å². The van der Waals surface area contributed by atoms with Gasteiger partial charge in [0.1, 0.15) is 0 Å². The van der Waals surface area contributed by atoms with E-state index in [0.717, 1.165) is 12.8 Å². The van der Waals surface area contributed by atoms with E-state index in [4.69, 9.17) is 11.6 Å². The number of anilines is 3. The number of rotatable bonds is 5. The summed E-state index contributed by atoms with van der Waals surface area (Å²) in [5.41, 5.74) is 1.85. The van der Waals surface area contributed by atoms with Gasteiger partial charge in [-0.05, 0) is 43.2 Å². The molecule has 0 bridgehead atoms. The predicted molar refractivity (Wildman–Crippen MR) is 108 cm³/mol. The van der Waals surface area contributed by atoms with Gasteiger partial charge in [0.15, 0.2) is 0 Å². The number of para-hydroxylation sites is 1. The molecule has 1 aliphatic heterocycles. The van der Waals surface area contributed by atoms with Crippen molar-refractivity contribution in [1.82, 2.24) is 0 Å². The lowest BCUT2D eigenvalue weighted by Crippen LogP contribution is -2.28. The van der Waals surface area contributed by atoms with Crippen molar-refractivity contribution in [3.05, 3.63) is 53.6 Å². The first-order valence-electron chi connectivity index (χ1n) is 9.28. The van der Waals surface area contributed by atoms with E-state index in [1.807, 2.05) is 6.07 Å². The second kappa shape index (κ2) is 7.64. The first kappa shape index (κ1) is 18.5. The molecule has 0 radical (unpaired) electrons. The Morgan fingerprint density at radius 2 is 1.57 bits per heavy atom. The Balaban J connectivity index is 1.41. The highest BCUT2D eigenvalue weighted by Gasteiger charge is 2.36. The number of nitrogens with zero attached hydrogens (tertiary/aromatic N) is 1. The molecule has 0 aromatic heterocycles. The molecule has 144 valence electrons. The topological polar surface area (TPSA) is 78.5 Å². The Kier molecular flexibility index (Phi) is 5.05. The number of benzene rings is 2. The lowest BCUT2D eigenvalue weighted by molar-refractivity contribution is -0.122. The highest BCUT2D eigenvalue weighted by Crippen LogP contribution is 2.32. The molecule has 28 heavy (non-hydrogen) atoms. The normalized spacial score (nSPS) is 18.8. The third-order valence-electron chi connectivity index (χ3n) is 4.98. The molecule has 7 heteroatoms. The maximum absolute atomic E-state index is 12.7. The summed E-state index contributed by atoms with van der Waals surface area (Å²) in [6, 6.07) is 14.1. The van der Waals surface area contributed by atoms with Crippen molar-refractivity contribution in [3.63, 3.8) is 0 Å². The molecule has 1 saturated heterocycles. The van der Waals surface area contributed by atoms with E-state index in [-0.39, 0.29) is 36.6 Å². The van der Waals surface area contributed by atoms with Crippen molar-refractivity contribution in [2.24, 2.45) is 11.8 Å². The van der Waals surface area contributed by atoms with Crippen LogP contribution in [0.2, 0.25) is 5.02 Å². The van der Waals surface area contributed by atoms with Crippen LogP contribution < -0.4 is 15.5 Å². The zero-order valence-electron chi connectivity index (χ0n) is 15.2. The lowest BCUT2D eigenvalue weighted by atomic mass is 10.1. The Bertz CT molecular complexity index is 942. The number of nitrogens with one attached hydrogen (secondary N) is 2. The number of carbonyl (C=O) groups is 3. The van der Waals surface area contributed by atoms with E-state index in [2.05, 4.69) is 10.6 Å². The maximum atomic E-state index is 12.7. The van der Waals surface area contributed by atoms with Gasteiger partial charge in [0.2, 0.25) is 17.7 Å². The quantitative estimate of drug-likeness (QED) is 0.807. The van der Waals surface area contributed by atoms with Crippen molar-refractivity contribution in [2.75, 3.05) is 22.1 Å². The summed E-state index contributed by atoms with van der Waals surface area (Å²) in [5.74, 6) is -0.695. The Morgan fingerprint density at radius 3 is 2.21 bits per heavy atom. The fourth-order valence-corrected chi connectivity index (χ4v) is 3.53. The summed E-state index contributed by atoms with van der Waals surface area (Å²) >= 11 is 6.18. The van der Waals surface area contributed by atoms with Crippen LogP contribution >= 0.6 is 11.6 Å². The van der Waals surface area contributed by atoms with Crippen LogP contribution in [0.5, 0.6) is 0 Å². The van der Waals surface area contributed by atoms with Gasteiger partial charge in [0.25, 0.3) is 0 Å². The Morgan fingerprint density at radius 1 is 0.929 bits per heavy atom. The lowest BCUT2D eigenvalue weighted by Gasteiger charge is -2.18. The van der Waals surface area contributed by atoms with Gasteiger partial charge in [-0.25, -0.2) is 0 Å². The van der Waals surface area contributed by atoms with Gasteiger partial charge >= 0.3 is 0 Å². The van der Waals surface area contributed by atoms with E-state index in [1.54, 1.807) is 47.4 Å². The van der Waals surface area contributed by atoms with Crippen LogP contribution in [0.25, 0.3) is 0 Å². The number of halogens is 1. The highest BCUT2D eigenvalue weighted by molar-refractivity contribution is 6.33. The van der Waals surface area contributed by atoms with Crippen LogP contribution in [0.15, 0.2) is 48.5 Å². The number of amides is 3. The summed E-state index contributed by atoms with van der Waals surface area (Å²) in [6.07, 6.45) is 2.00. The maximum Gasteiger partial charge on any atom is 0.229 e. The Hall–Kier alpha value is -2.86. The molecular weight excluding hydrogens is 378 g/mol. The van der Waals surface area contributed by atoms with E-state index < -0.39 is 5.92 Å². The average molecular weight is 398 g/mol. The van der Waals surface area contributed by atoms with E-state index in [1.165, 1.54) is 0 Å². The third kappa shape index (κ3) is 4.02. The number of hydrogen-bond donors (Lipinski definition) is 2. The van der Waals surface area contributed by atoms with E-state index >= 15 is 0 Å². The summed E-state index contributed by atoms with van der Waals surface area (Å²) in [4.78, 5) is 38.5. The van der Waals surface area contributed by atoms with Crippen LogP contribution in [-0.4, -0.2) is 24.3 Å². The molecule has 1 aliphatic carbocycles. The molecule has 2 aliphatic rings. The van der Waals surface area contributed by atoms with Gasteiger partial charge in [0, 0.05) is 30.3 Å². The molecule has 2 fully saturated rings. The highest BCUT2D eigenvalue weighted by atomic mass is 35.5. The number of carbonyl (C=O) groups excluding carboxylic acids is 3. The largest absolute Gasteiger partial charge is 0.326 e.